The summed E-state index contributed by atoms with van der Waals surface area (Å²) in [5.41, 5.74) is 6.52. The Morgan fingerprint density at radius 2 is 2.25 bits per heavy atom. The van der Waals surface area contributed by atoms with Gasteiger partial charge in [-0.05, 0) is 32.0 Å². The maximum Gasteiger partial charge on any atom is 0.124 e. The monoisotopic (exact) mass is 237 g/mol. The maximum atomic E-state index is 6.08. The summed E-state index contributed by atoms with van der Waals surface area (Å²) in [5.74, 6) is 6.60. The van der Waals surface area contributed by atoms with E-state index >= 15 is 0 Å². The number of rotatable bonds is 5. The van der Waals surface area contributed by atoms with Crippen LogP contribution >= 0.6 is 11.6 Å². The Morgan fingerprint density at radius 3 is 2.94 bits per heavy atom. The molecule has 0 aliphatic rings. The van der Waals surface area contributed by atoms with E-state index in [-0.39, 0.29) is 0 Å². The van der Waals surface area contributed by atoms with Crippen LogP contribution in [-0.2, 0) is 6.42 Å². The van der Waals surface area contributed by atoms with E-state index in [4.69, 9.17) is 22.1 Å². The Bertz CT molecular complexity index is 393. The van der Waals surface area contributed by atoms with Crippen molar-refractivity contribution < 1.29 is 4.74 Å². The summed E-state index contributed by atoms with van der Waals surface area (Å²) in [6.07, 6.45) is 1.46. The third-order valence-electron chi connectivity index (χ3n) is 2.13. The van der Waals surface area contributed by atoms with E-state index in [2.05, 4.69) is 11.8 Å². The molecule has 0 spiro atoms. The number of hydrogen-bond acceptors (Lipinski definition) is 2. The van der Waals surface area contributed by atoms with Gasteiger partial charge in [-0.3, -0.25) is 0 Å². The summed E-state index contributed by atoms with van der Waals surface area (Å²) in [6.45, 7) is 2.97. The summed E-state index contributed by atoms with van der Waals surface area (Å²) < 4.78 is 5.63. The first-order valence-electron chi connectivity index (χ1n) is 5.29. The smallest absolute Gasteiger partial charge is 0.124 e. The van der Waals surface area contributed by atoms with Gasteiger partial charge in [0.05, 0.1) is 6.61 Å². The first kappa shape index (κ1) is 12.9. The van der Waals surface area contributed by atoms with Crippen LogP contribution in [0.5, 0.6) is 5.75 Å². The standard InChI is InChI=1S/C13H16ClNO/c1-2-3-4-10-16-13-7-5-6-12(14)11(13)8-9-15/h5-7H,4,8-10,15H2,1H3. The Kier molecular flexibility index (Phi) is 5.77. The molecule has 2 N–H and O–H groups in total. The van der Waals surface area contributed by atoms with E-state index in [1.54, 1.807) is 0 Å². The highest BCUT2D eigenvalue weighted by Gasteiger charge is 2.06. The van der Waals surface area contributed by atoms with Crippen LogP contribution in [0.3, 0.4) is 0 Å². The van der Waals surface area contributed by atoms with Gasteiger partial charge in [-0.25, -0.2) is 0 Å². The molecular formula is C13H16ClNO. The van der Waals surface area contributed by atoms with E-state index < -0.39 is 0 Å². The van der Waals surface area contributed by atoms with Gasteiger partial charge in [0.1, 0.15) is 5.75 Å². The zero-order valence-electron chi connectivity index (χ0n) is 9.42. The van der Waals surface area contributed by atoms with E-state index in [9.17, 15) is 0 Å². The van der Waals surface area contributed by atoms with Crippen molar-refractivity contribution in [1.29, 1.82) is 0 Å². The van der Waals surface area contributed by atoms with Gasteiger partial charge in [-0.1, -0.05) is 17.7 Å². The molecule has 86 valence electrons. The molecule has 0 atom stereocenters. The summed E-state index contributed by atoms with van der Waals surface area (Å²) in [4.78, 5) is 0. The average Bonchev–Trinajstić information content (AvgIpc) is 2.29. The van der Waals surface area contributed by atoms with Crippen molar-refractivity contribution in [1.82, 2.24) is 0 Å². The maximum absolute atomic E-state index is 6.08. The van der Waals surface area contributed by atoms with Crippen LogP contribution in [-0.4, -0.2) is 13.2 Å². The van der Waals surface area contributed by atoms with Crippen molar-refractivity contribution in [2.45, 2.75) is 19.8 Å². The van der Waals surface area contributed by atoms with Gasteiger partial charge in [0, 0.05) is 17.0 Å². The molecule has 3 heteroatoms. The topological polar surface area (TPSA) is 35.2 Å². The SMILES string of the molecule is CC#CCCOc1cccc(Cl)c1CCN. The van der Waals surface area contributed by atoms with Crippen LogP contribution in [0.25, 0.3) is 0 Å². The lowest BCUT2D eigenvalue weighted by Gasteiger charge is -2.11. The highest BCUT2D eigenvalue weighted by atomic mass is 35.5. The summed E-state index contributed by atoms with van der Waals surface area (Å²) in [5, 5.41) is 0.713. The summed E-state index contributed by atoms with van der Waals surface area (Å²) >= 11 is 6.08. The molecule has 0 radical (unpaired) electrons. The molecule has 0 aromatic heterocycles. The van der Waals surface area contributed by atoms with Gasteiger partial charge in [0.2, 0.25) is 0 Å². The number of hydrogen-bond donors (Lipinski definition) is 1. The number of benzene rings is 1. The summed E-state index contributed by atoms with van der Waals surface area (Å²) in [7, 11) is 0. The van der Waals surface area contributed by atoms with Gasteiger partial charge in [-0.15, -0.1) is 11.8 Å². The quantitative estimate of drug-likeness (QED) is 0.631. The lowest BCUT2D eigenvalue weighted by atomic mass is 10.1. The van der Waals surface area contributed by atoms with E-state index in [1.807, 2.05) is 25.1 Å². The number of ether oxygens (including phenoxy) is 1. The van der Waals surface area contributed by atoms with Crippen molar-refractivity contribution in [3.63, 3.8) is 0 Å². The predicted molar refractivity (Wildman–Crippen MR) is 67.8 cm³/mol. The average molecular weight is 238 g/mol. The van der Waals surface area contributed by atoms with Crippen LogP contribution in [0.2, 0.25) is 5.02 Å². The van der Waals surface area contributed by atoms with Gasteiger partial charge < -0.3 is 10.5 Å². The first-order valence-corrected chi connectivity index (χ1v) is 5.67. The van der Waals surface area contributed by atoms with Crippen LogP contribution < -0.4 is 10.5 Å². The Hall–Kier alpha value is -1.17. The predicted octanol–water partition coefficient (Wildman–Crippen LogP) is 2.63. The van der Waals surface area contributed by atoms with Gasteiger partial charge >= 0.3 is 0 Å². The largest absolute Gasteiger partial charge is 0.492 e. The van der Waals surface area contributed by atoms with Crippen molar-refractivity contribution in [3.8, 4) is 17.6 Å². The number of halogens is 1. The van der Waals surface area contributed by atoms with Crippen LogP contribution in [0, 0.1) is 11.8 Å². The lowest BCUT2D eigenvalue weighted by molar-refractivity contribution is 0.324. The van der Waals surface area contributed by atoms with Crippen molar-refractivity contribution >= 4 is 11.6 Å². The molecule has 0 amide bonds. The minimum atomic E-state index is 0.564. The summed E-state index contributed by atoms with van der Waals surface area (Å²) in [6, 6.07) is 5.64. The van der Waals surface area contributed by atoms with Crippen molar-refractivity contribution in [2.75, 3.05) is 13.2 Å². The molecule has 1 aromatic rings. The second kappa shape index (κ2) is 7.16. The van der Waals surface area contributed by atoms with Crippen molar-refractivity contribution in [2.24, 2.45) is 5.73 Å². The lowest BCUT2D eigenvalue weighted by Crippen LogP contribution is -2.06. The second-order valence-corrected chi connectivity index (χ2v) is 3.69. The van der Waals surface area contributed by atoms with Crippen LogP contribution in [0.1, 0.15) is 18.9 Å². The fourth-order valence-corrected chi connectivity index (χ4v) is 1.66. The fourth-order valence-electron chi connectivity index (χ4n) is 1.40. The van der Waals surface area contributed by atoms with Crippen LogP contribution in [0.15, 0.2) is 18.2 Å². The van der Waals surface area contributed by atoms with Gasteiger partial charge in [0.15, 0.2) is 0 Å². The Morgan fingerprint density at radius 1 is 1.44 bits per heavy atom. The van der Waals surface area contributed by atoms with E-state index in [0.717, 1.165) is 24.2 Å². The highest BCUT2D eigenvalue weighted by Crippen LogP contribution is 2.26. The van der Waals surface area contributed by atoms with E-state index in [0.29, 0.717) is 18.2 Å². The first-order chi connectivity index (χ1) is 7.79. The molecule has 1 rings (SSSR count). The normalized spacial score (nSPS) is 9.44. The molecule has 0 aliphatic heterocycles. The molecule has 2 nitrogen and oxygen atoms in total. The molecular weight excluding hydrogens is 222 g/mol. The van der Waals surface area contributed by atoms with Gasteiger partial charge in [-0.2, -0.15) is 0 Å². The molecule has 0 saturated heterocycles. The molecule has 0 fully saturated rings. The third-order valence-corrected chi connectivity index (χ3v) is 2.49. The molecule has 16 heavy (non-hydrogen) atoms. The minimum Gasteiger partial charge on any atom is -0.492 e. The van der Waals surface area contributed by atoms with Crippen molar-refractivity contribution in [3.05, 3.63) is 28.8 Å². The molecule has 1 aromatic carbocycles. The third kappa shape index (κ3) is 3.77. The zero-order valence-corrected chi connectivity index (χ0v) is 10.2. The zero-order chi connectivity index (χ0) is 11.8. The van der Waals surface area contributed by atoms with Gasteiger partial charge in [0.25, 0.3) is 0 Å². The Labute approximate surface area is 102 Å². The molecule has 0 heterocycles. The Balaban J connectivity index is 2.69. The minimum absolute atomic E-state index is 0.564. The van der Waals surface area contributed by atoms with Crippen LogP contribution in [0.4, 0.5) is 0 Å². The molecule has 0 bridgehead atoms. The number of nitrogens with two attached hydrogens (primary N) is 1. The second-order valence-electron chi connectivity index (χ2n) is 3.28. The molecule has 0 unspecified atom stereocenters. The fraction of sp³-hybridized carbons (Fsp3) is 0.385. The van der Waals surface area contributed by atoms with E-state index in [1.165, 1.54) is 0 Å². The molecule has 0 saturated carbocycles. The molecule has 0 aliphatic carbocycles. The highest BCUT2D eigenvalue weighted by molar-refractivity contribution is 6.31.